The minimum atomic E-state index is -0.366. The molecule has 4 N–H and O–H groups in total. The maximum Gasteiger partial charge on any atom is 0.318 e. The van der Waals surface area contributed by atoms with Gasteiger partial charge < -0.3 is 20.0 Å². The highest BCUT2D eigenvalue weighted by Gasteiger charge is 2.55. The average Bonchev–Trinajstić information content (AvgIpc) is 3.36. The number of nitrogens with one attached hydrogen (secondary N) is 4. The van der Waals surface area contributed by atoms with E-state index in [-0.39, 0.29) is 47.7 Å². The average molecular weight is 484 g/mol. The van der Waals surface area contributed by atoms with Crippen molar-refractivity contribution in [2.24, 2.45) is 5.92 Å². The molecule has 4 rings (SSSR count). The number of likely N-dealkylation sites (tertiary alicyclic amines) is 2. The molecule has 1 aromatic carbocycles. The summed E-state index contributed by atoms with van der Waals surface area (Å²) in [5.41, 5.74) is 7.61. The van der Waals surface area contributed by atoms with Crippen molar-refractivity contribution in [1.29, 1.82) is 0 Å². The van der Waals surface area contributed by atoms with Crippen LogP contribution >= 0.6 is 0 Å². The zero-order valence-electron chi connectivity index (χ0n) is 21.5. The molecule has 9 heteroatoms. The van der Waals surface area contributed by atoms with Crippen molar-refractivity contribution < 1.29 is 9.59 Å². The van der Waals surface area contributed by atoms with Gasteiger partial charge in [0.1, 0.15) is 0 Å². The van der Waals surface area contributed by atoms with E-state index in [1.54, 1.807) is 0 Å². The fourth-order valence-electron chi connectivity index (χ4n) is 5.83. The van der Waals surface area contributed by atoms with Crippen LogP contribution in [0.4, 0.5) is 4.79 Å². The van der Waals surface area contributed by atoms with E-state index in [1.807, 2.05) is 42.1 Å². The molecular formula is C26H41N7O2. The van der Waals surface area contributed by atoms with Crippen LogP contribution in [0.1, 0.15) is 38.3 Å². The number of carbonyl (C=O) groups is 2. The smallest absolute Gasteiger partial charge is 0.318 e. The first-order chi connectivity index (χ1) is 16.7. The Morgan fingerprint density at radius 1 is 1.23 bits per heavy atom. The van der Waals surface area contributed by atoms with Crippen LogP contribution in [0, 0.1) is 5.92 Å². The van der Waals surface area contributed by atoms with Gasteiger partial charge in [-0.2, -0.15) is 0 Å². The van der Waals surface area contributed by atoms with Gasteiger partial charge in [0.05, 0.1) is 23.8 Å². The molecule has 3 saturated heterocycles. The van der Waals surface area contributed by atoms with Gasteiger partial charge in [-0.15, -0.1) is 0 Å². The molecule has 9 nitrogen and oxygen atoms in total. The van der Waals surface area contributed by atoms with E-state index >= 15 is 0 Å². The summed E-state index contributed by atoms with van der Waals surface area (Å²) in [6, 6.07) is 10.3. The van der Waals surface area contributed by atoms with Crippen molar-refractivity contribution in [3.8, 4) is 0 Å². The topological polar surface area (TPSA) is 92.0 Å². The first-order valence-corrected chi connectivity index (χ1v) is 12.7. The standard InChI is InChI=1S/C26H41N7O2/c1-6-22(34)32-14-10-13-19(15-32)27-24-20-16-33(26(2,3)23(20)29-30-24)25(35)28-21(17-31(4)5)18-11-8-7-9-12-18/h6-9,11-12,19-21,23-24,27,29-30H,1,10,13-17H2,2-5H3,(H,28,35)/t19?,20?,21-,23?,24?/m1/s1. The highest BCUT2D eigenvalue weighted by molar-refractivity contribution is 5.87. The maximum absolute atomic E-state index is 13.6. The Balaban J connectivity index is 1.42. The molecule has 0 aliphatic carbocycles. The predicted molar refractivity (Wildman–Crippen MR) is 137 cm³/mol. The lowest BCUT2D eigenvalue weighted by Crippen LogP contribution is -2.58. The Labute approximate surface area is 209 Å². The van der Waals surface area contributed by atoms with Crippen LogP contribution in [0.15, 0.2) is 43.0 Å². The Kier molecular flexibility index (Phi) is 7.80. The number of rotatable bonds is 7. The van der Waals surface area contributed by atoms with E-state index in [4.69, 9.17) is 0 Å². The third kappa shape index (κ3) is 5.53. The van der Waals surface area contributed by atoms with E-state index in [2.05, 4.69) is 58.9 Å². The fourth-order valence-corrected chi connectivity index (χ4v) is 5.83. The summed E-state index contributed by atoms with van der Waals surface area (Å²) in [6.45, 7) is 10.7. The zero-order valence-corrected chi connectivity index (χ0v) is 21.5. The molecule has 0 spiro atoms. The first kappa shape index (κ1) is 25.6. The van der Waals surface area contributed by atoms with Gasteiger partial charge in [0.25, 0.3) is 0 Å². The van der Waals surface area contributed by atoms with Gasteiger partial charge in [0.2, 0.25) is 5.91 Å². The van der Waals surface area contributed by atoms with Crippen molar-refractivity contribution in [2.45, 2.75) is 56.5 Å². The third-order valence-corrected chi connectivity index (χ3v) is 7.72. The molecule has 0 bridgehead atoms. The Morgan fingerprint density at radius 3 is 2.66 bits per heavy atom. The molecular weight excluding hydrogens is 442 g/mol. The molecule has 4 unspecified atom stereocenters. The molecule has 192 valence electrons. The lowest BCUT2D eigenvalue weighted by Gasteiger charge is -2.37. The van der Waals surface area contributed by atoms with Gasteiger partial charge in [-0.05, 0) is 52.4 Å². The van der Waals surface area contributed by atoms with Crippen LogP contribution in [-0.2, 0) is 4.79 Å². The molecule has 3 aliphatic heterocycles. The molecule has 3 heterocycles. The quantitative estimate of drug-likeness (QED) is 0.437. The summed E-state index contributed by atoms with van der Waals surface area (Å²) in [4.78, 5) is 31.6. The van der Waals surface area contributed by atoms with E-state index < -0.39 is 0 Å². The van der Waals surface area contributed by atoms with Gasteiger partial charge in [-0.3, -0.25) is 15.5 Å². The van der Waals surface area contributed by atoms with Crippen LogP contribution in [0.25, 0.3) is 0 Å². The molecule has 3 aliphatic rings. The van der Waals surface area contributed by atoms with E-state index in [9.17, 15) is 9.59 Å². The third-order valence-electron chi connectivity index (χ3n) is 7.72. The number of nitrogens with zero attached hydrogens (tertiary/aromatic N) is 3. The zero-order chi connectivity index (χ0) is 25.2. The van der Waals surface area contributed by atoms with Crippen LogP contribution in [0.3, 0.4) is 0 Å². The first-order valence-electron chi connectivity index (χ1n) is 12.7. The van der Waals surface area contributed by atoms with Gasteiger partial charge in [-0.1, -0.05) is 36.9 Å². The molecule has 3 fully saturated rings. The molecule has 3 amide bonds. The summed E-state index contributed by atoms with van der Waals surface area (Å²) in [5, 5.41) is 7.02. The molecule has 0 radical (unpaired) electrons. The van der Waals surface area contributed by atoms with Crippen molar-refractivity contribution in [2.75, 3.05) is 40.3 Å². The minimum Gasteiger partial charge on any atom is -0.338 e. The number of urea groups is 1. The van der Waals surface area contributed by atoms with Crippen LogP contribution < -0.4 is 21.5 Å². The number of hydrogen-bond acceptors (Lipinski definition) is 6. The number of piperidine rings is 1. The van der Waals surface area contributed by atoms with Gasteiger partial charge in [0, 0.05) is 38.1 Å². The summed E-state index contributed by atoms with van der Waals surface area (Å²) < 4.78 is 0. The lowest BCUT2D eigenvalue weighted by atomic mass is 9.89. The summed E-state index contributed by atoms with van der Waals surface area (Å²) in [6.07, 6.45) is 3.40. The second-order valence-electron chi connectivity index (χ2n) is 10.8. The summed E-state index contributed by atoms with van der Waals surface area (Å²) in [7, 11) is 4.04. The van der Waals surface area contributed by atoms with Crippen molar-refractivity contribution >= 4 is 11.9 Å². The largest absolute Gasteiger partial charge is 0.338 e. The minimum absolute atomic E-state index is 0.0116. The monoisotopic (exact) mass is 483 g/mol. The number of benzene rings is 1. The number of carbonyl (C=O) groups excluding carboxylic acids is 2. The Morgan fingerprint density at radius 2 is 1.97 bits per heavy atom. The normalized spacial score (nSPS) is 28.6. The molecule has 0 saturated carbocycles. The molecule has 5 atom stereocenters. The predicted octanol–water partition coefficient (Wildman–Crippen LogP) is 1.28. The number of hydrazine groups is 1. The number of fused-ring (bicyclic) bond motifs is 1. The Bertz CT molecular complexity index is 906. The number of likely N-dealkylation sites (N-methyl/N-ethyl adjacent to an activating group) is 1. The summed E-state index contributed by atoms with van der Waals surface area (Å²) >= 11 is 0. The van der Waals surface area contributed by atoms with Crippen LogP contribution in [0.5, 0.6) is 0 Å². The molecule has 35 heavy (non-hydrogen) atoms. The van der Waals surface area contributed by atoms with Crippen LogP contribution in [0.2, 0.25) is 0 Å². The second kappa shape index (κ2) is 10.7. The van der Waals surface area contributed by atoms with Crippen LogP contribution in [-0.4, -0.2) is 90.7 Å². The van der Waals surface area contributed by atoms with E-state index in [1.165, 1.54) is 6.08 Å². The van der Waals surface area contributed by atoms with Gasteiger partial charge in [-0.25, -0.2) is 10.2 Å². The maximum atomic E-state index is 13.6. The van der Waals surface area contributed by atoms with Crippen molar-refractivity contribution in [3.05, 3.63) is 48.6 Å². The Hall–Kier alpha value is -2.46. The fraction of sp³-hybridized carbons (Fsp3) is 0.615. The van der Waals surface area contributed by atoms with E-state index in [0.29, 0.717) is 13.1 Å². The highest BCUT2D eigenvalue weighted by Crippen LogP contribution is 2.37. The number of hydrogen-bond donors (Lipinski definition) is 4. The van der Waals surface area contributed by atoms with E-state index in [0.717, 1.165) is 31.5 Å². The van der Waals surface area contributed by atoms with Gasteiger partial charge >= 0.3 is 6.03 Å². The highest BCUT2D eigenvalue weighted by atomic mass is 16.2. The van der Waals surface area contributed by atoms with Crippen molar-refractivity contribution in [3.63, 3.8) is 0 Å². The van der Waals surface area contributed by atoms with Crippen molar-refractivity contribution in [1.82, 2.24) is 36.2 Å². The summed E-state index contributed by atoms with van der Waals surface area (Å²) in [5.74, 6) is 0.202. The second-order valence-corrected chi connectivity index (χ2v) is 10.8. The molecule has 1 aromatic rings. The SMILES string of the molecule is C=CC(=O)N1CCCC(NC2NNC3C2CN(C(=O)N[C@H](CN(C)C)c2ccccc2)C3(C)C)C1. The molecule has 0 aromatic heterocycles. The number of amides is 3. The lowest BCUT2D eigenvalue weighted by molar-refractivity contribution is -0.127. The van der Waals surface area contributed by atoms with Gasteiger partial charge in [0.15, 0.2) is 0 Å².